The first-order valence-electron chi connectivity index (χ1n) is 7.68. The Bertz CT molecular complexity index is 857. The zero-order chi connectivity index (χ0) is 18.7. The molecule has 1 heterocycles. The highest BCUT2D eigenvalue weighted by Crippen LogP contribution is 2.24. The van der Waals surface area contributed by atoms with Crippen LogP contribution in [0, 0.1) is 0 Å². The molecule has 9 heteroatoms. The second-order valence-electron chi connectivity index (χ2n) is 5.62. The highest BCUT2D eigenvalue weighted by Gasteiger charge is 2.30. The quantitative estimate of drug-likeness (QED) is 0.680. The van der Waals surface area contributed by atoms with E-state index in [1.54, 1.807) is 0 Å². The van der Waals surface area contributed by atoms with Gasteiger partial charge in [0.2, 0.25) is 0 Å². The third-order valence-corrected chi connectivity index (χ3v) is 3.51. The van der Waals surface area contributed by atoms with Crippen molar-refractivity contribution in [3.05, 3.63) is 60.4 Å². The second-order valence-corrected chi connectivity index (χ2v) is 5.62. The molecule has 2 aromatic carbocycles. The highest BCUT2D eigenvalue weighted by atomic mass is 19.4. The van der Waals surface area contributed by atoms with Crippen molar-refractivity contribution in [3.63, 3.8) is 0 Å². The van der Waals surface area contributed by atoms with Crippen molar-refractivity contribution in [2.45, 2.75) is 18.9 Å². The standard InChI is InChI=1S/C17H16F3N5O/c18-17(19,20)26-14-7-5-13(6-8-14)25-10-23-16(24-25)12-3-1-11(2-4-12)9-15(21)22/h1-8,10,15H,9,21-22H2. The average molecular weight is 363 g/mol. The molecule has 6 nitrogen and oxygen atoms in total. The van der Waals surface area contributed by atoms with Crippen LogP contribution < -0.4 is 16.2 Å². The van der Waals surface area contributed by atoms with Crippen molar-refractivity contribution < 1.29 is 17.9 Å². The van der Waals surface area contributed by atoms with Gasteiger partial charge in [-0.1, -0.05) is 24.3 Å². The maximum Gasteiger partial charge on any atom is 0.573 e. The molecule has 3 rings (SSSR count). The van der Waals surface area contributed by atoms with E-state index >= 15 is 0 Å². The van der Waals surface area contributed by atoms with E-state index in [1.807, 2.05) is 24.3 Å². The number of nitrogens with zero attached hydrogens (tertiary/aromatic N) is 3. The zero-order valence-corrected chi connectivity index (χ0v) is 13.5. The monoisotopic (exact) mass is 363 g/mol. The summed E-state index contributed by atoms with van der Waals surface area (Å²) in [6, 6.07) is 12.9. The molecule has 0 unspecified atom stereocenters. The van der Waals surface area contributed by atoms with Crippen LogP contribution in [-0.4, -0.2) is 27.3 Å². The van der Waals surface area contributed by atoms with Crippen molar-refractivity contribution in [1.29, 1.82) is 0 Å². The van der Waals surface area contributed by atoms with E-state index in [-0.39, 0.29) is 5.75 Å². The number of ether oxygens (including phenoxy) is 1. The molecular formula is C17H16F3N5O. The van der Waals surface area contributed by atoms with Crippen LogP contribution in [0.5, 0.6) is 5.75 Å². The van der Waals surface area contributed by atoms with Crippen molar-refractivity contribution in [2.75, 3.05) is 0 Å². The van der Waals surface area contributed by atoms with Gasteiger partial charge in [-0.25, -0.2) is 9.67 Å². The maximum atomic E-state index is 12.2. The van der Waals surface area contributed by atoms with Crippen molar-refractivity contribution in [2.24, 2.45) is 11.5 Å². The minimum atomic E-state index is -4.72. The van der Waals surface area contributed by atoms with Gasteiger partial charge in [0, 0.05) is 12.0 Å². The molecule has 0 saturated carbocycles. The molecule has 0 amide bonds. The predicted octanol–water partition coefficient (Wildman–Crippen LogP) is 2.62. The Morgan fingerprint density at radius 3 is 2.23 bits per heavy atom. The lowest BCUT2D eigenvalue weighted by atomic mass is 10.1. The van der Waals surface area contributed by atoms with Gasteiger partial charge in [0.05, 0.1) is 11.9 Å². The highest BCUT2D eigenvalue weighted by molar-refractivity contribution is 5.55. The van der Waals surface area contributed by atoms with Crippen LogP contribution in [0.25, 0.3) is 17.1 Å². The van der Waals surface area contributed by atoms with Gasteiger partial charge < -0.3 is 16.2 Å². The molecular weight excluding hydrogens is 347 g/mol. The predicted molar refractivity (Wildman–Crippen MR) is 89.3 cm³/mol. The van der Waals surface area contributed by atoms with Crippen molar-refractivity contribution >= 4 is 0 Å². The fourth-order valence-corrected chi connectivity index (χ4v) is 2.38. The number of rotatable bonds is 5. The summed E-state index contributed by atoms with van der Waals surface area (Å²) in [5, 5.41) is 4.34. The van der Waals surface area contributed by atoms with Crippen LogP contribution in [0.3, 0.4) is 0 Å². The summed E-state index contributed by atoms with van der Waals surface area (Å²) in [6.07, 6.45) is -3.09. The van der Waals surface area contributed by atoms with Crippen molar-refractivity contribution in [3.8, 4) is 22.8 Å². The van der Waals surface area contributed by atoms with E-state index in [0.29, 0.717) is 17.9 Å². The number of alkyl halides is 3. The fraction of sp³-hybridized carbons (Fsp3) is 0.176. The second kappa shape index (κ2) is 7.14. The molecule has 3 aromatic rings. The molecule has 26 heavy (non-hydrogen) atoms. The third kappa shape index (κ3) is 4.58. The van der Waals surface area contributed by atoms with Crippen molar-refractivity contribution in [1.82, 2.24) is 14.8 Å². The smallest absolute Gasteiger partial charge is 0.406 e. The first kappa shape index (κ1) is 17.9. The van der Waals surface area contributed by atoms with Crippen LogP contribution >= 0.6 is 0 Å². The Morgan fingerprint density at radius 1 is 1.00 bits per heavy atom. The zero-order valence-electron chi connectivity index (χ0n) is 13.5. The lowest BCUT2D eigenvalue weighted by Crippen LogP contribution is -2.32. The molecule has 0 bridgehead atoms. The molecule has 0 atom stereocenters. The molecule has 4 N–H and O–H groups in total. The Labute approximate surface area is 147 Å². The van der Waals surface area contributed by atoms with Gasteiger partial charge in [0.15, 0.2) is 5.82 Å². The summed E-state index contributed by atoms with van der Waals surface area (Å²) in [5.74, 6) is 0.194. The number of nitrogens with two attached hydrogens (primary N) is 2. The first-order chi connectivity index (χ1) is 12.3. The van der Waals surface area contributed by atoms with Crippen LogP contribution in [0.4, 0.5) is 13.2 Å². The molecule has 0 aliphatic heterocycles. The number of benzene rings is 2. The van der Waals surface area contributed by atoms with Crippen LogP contribution in [0.1, 0.15) is 5.56 Å². The van der Waals surface area contributed by atoms with E-state index in [0.717, 1.165) is 11.1 Å². The first-order valence-corrected chi connectivity index (χ1v) is 7.68. The molecule has 0 aliphatic rings. The number of hydrogen-bond donors (Lipinski definition) is 2. The van der Waals surface area contributed by atoms with Gasteiger partial charge in [0.25, 0.3) is 0 Å². The molecule has 0 saturated heterocycles. The summed E-state index contributed by atoms with van der Waals surface area (Å²) < 4.78 is 41.9. The van der Waals surface area contributed by atoms with Gasteiger partial charge in [-0.05, 0) is 29.8 Å². The molecule has 0 spiro atoms. The molecule has 0 aliphatic carbocycles. The van der Waals surface area contributed by atoms with Gasteiger partial charge in [-0.2, -0.15) is 0 Å². The third-order valence-electron chi connectivity index (χ3n) is 3.51. The molecule has 0 radical (unpaired) electrons. The minimum Gasteiger partial charge on any atom is -0.406 e. The lowest BCUT2D eigenvalue weighted by Gasteiger charge is -2.09. The fourth-order valence-electron chi connectivity index (χ4n) is 2.38. The Balaban J connectivity index is 1.75. The maximum absolute atomic E-state index is 12.2. The van der Waals surface area contributed by atoms with Crippen LogP contribution in [0.15, 0.2) is 54.9 Å². The van der Waals surface area contributed by atoms with Crippen LogP contribution in [0.2, 0.25) is 0 Å². The van der Waals surface area contributed by atoms with E-state index in [9.17, 15) is 13.2 Å². The summed E-state index contributed by atoms with van der Waals surface area (Å²) in [5.41, 5.74) is 13.5. The average Bonchev–Trinajstić information content (AvgIpc) is 3.04. The molecule has 136 valence electrons. The van der Waals surface area contributed by atoms with Gasteiger partial charge in [-0.3, -0.25) is 0 Å². The largest absolute Gasteiger partial charge is 0.573 e. The van der Waals surface area contributed by atoms with Gasteiger partial charge in [-0.15, -0.1) is 18.3 Å². The number of hydrogen-bond acceptors (Lipinski definition) is 5. The topological polar surface area (TPSA) is 92.0 Å². The van der Waals surface area contributed by atoms with E-state index in [1.165, 1.54) is 35.3 Å². The lowest BCUT2D eigenvalue weighted by molar-refractivity contribution is -0.274. The SMILES string of the molecule is NC(N)Cc1ccc(-c2ncn(-c3ccc(OC(F)(F)F)cc3)n2)cc1. The minimum absolute atomic E-state index is 0.296. The van der Waals surface area contributed by atoms with Crippen LogP contribution in [-0.2, 0) is 6.42 Å². The van der Waals surface area contributed by atoms with Gasteiger partial charge >= 0.3 is 6.36 Å². The number of halogens is 3. The Kier molecular flexibility index (Phi) is 4.92. The normalized spacial score (nSPS) is 11.8. The van der Waals surface area contributed by atoms with Gasteiger partial charge in [0.1, 0.15) is 12.1 Å². The molecule has 0 fully saturated rings. The summed E-state index contributed by atoms with van der Waals surface area (Å²) in [6.45, 7) is 0. The van der Waals surface area contributed by atoms with E-state index in [4.69, 9.17) is 11.5 Å². The Morgan fingerprint density at radius 2 is 1.65 bits per heavy atom. The van der Waals surface area contributed by atoms with E-state index < -0.39 is 12.5 Å². The Hall–Kier alpha value is -2.91. The number of aromatic nitrogens is 3. The summed E-state index contributed by atoms with van der Waals surface area (Å²) in [4.78, 5) is 4.23. The summed E-state index contributed by atoms with van der Waals surface area (Å²) >= 11 is 0. The molecule has 1 aromatic heterocycles. The summed E-state index contributed by atoms with van der Waals surface area (Å²) in [7, 11) is 0. The van der Waals surface area contributed by atoms with E-state index in [2.05, 4.69) is 14.8 Å².